The van der Waals surface area contributed by atoms with Gasteiger partial charge in [0.2, 0.25) is 0 Å². The Morgan fingerprint density at radius 3 is 3.20 bits per heavy atom. The molecule has 1 fully saturated rings. The number of aliphatic hydroxyl groups is 1. The van der Waals surface area contributed by atoms with Gasteiger partial charge in [0, 0.05) is 23.2 Å². The van der Waals surface area contributed by atoms with E-state index in [1.165, 1.54) is 18.6 Å². The maximum atomic E-state index is 9.82. The van der Waals surface area contributed by atoms with Crippen molar-refractivity contribution in [1.82, 2.24) is 5.32 Å². The Hall–Kier alpha value is -0.0300. The molecule has 15 heavy (non-hydrogen) atoms. The SMILES string of the molecule is OC(CNCC1CCCS1)c1cccs1. The fraction of sp³-hybridized carbons (Fsp3) is 0.636. The standard InChI is InChI=1S/C11H17NOS2/c13-10(11-4-2-6-15-11)8-12-7-9-3-1-5-14-9/h2,4,6,9-10,12-13H,1,3,5,7-8H2. The minimum atomic E-state index is -0.337. The van der Waals surface area contributed by atoms with E-state index >= 15 is 0 Å². The lowest BCUT2D eigenvalue weighted by Crippen LogP contribution is -2.27. The summed E-state index contributed by atoms with van der Waals surface area (Å²) in [6, 6.07) is 3.97. The summed E-state index contributed by atoms with van der Waals surface area (Å²) >= 11 is 3.67. The van der Waals surface area contributed by atoms with Crippen LogP contribution in [-0.4, -0.2) is 29.2 Å². The third-order valence-electron chi connectivity index (χ3n) is 2.61. The van der Waals surface area contributed by atoms with E-state index in [4.69, 9.17) is 0 Å². The van der Waals surface area contributed by atoms with Crippen molar-refractivity contribution in [1.29, 1.82) is 0 Å². The number of thiophene rings is 1. The monoisotopic (exact) mass is 243 g/mol. The molecule has 1 aliphatic heterocycles. The van der Waals surface area contributed by atoms with Crippen molar-refractivity contribution in [2.45, 2.75) is 24.2 Å². The van der Waals surface area contributed by atoms with Crippen molar-refractivity contribution in [3.8, 4) is 0 Å². The molecule has 1 aromatic heterocycles. The first-order valence-corrected chi connectivity index (χ1v) is 7.33. The minimum absolute atomic E-state index is 0.337. The van der Waals surface area contributed by atoms with Crippen LogP contribution in [0.4, 0.5) is 0 Å². The summed E-state index contributed by atoms with van der Waals surface area (Å²) in [5, 5.41) is 15.9. The third kappa shape index (κ3) is 3.48. The Balaban J connectivity index is 1.65. The highest BCUT2D eigenvalue weighted by molar-refractivity contribution is 8.00. The van der Waals surface area contributed by atoms with E-state index in [1.807, 2.05) is 29.3 Å². The van der Waals surface area contributed by atoms with Crippen LogP contribution >= 0.6 is 23.1 Å². The normalized spacial score (nSPS) is 23.1. The molecule has 2 rings (SSSR count). The summed E-state index contributed by atoms with van der Waals surface area (Å²) in [6.07, 6.45) is 2.34. The number of thioether (sulfide) groups is 1. The van der Waals surface area contributed by atoms with Gasteiger partial charge in [-0.3, -0.25) is 0 Å². The zero-order valence-electron chi connectivity index (χ0n) is 8.69. The Bertz CT molecular complexity index is 270. The Morgan fingerprint density at radius 1 is 1.60 bits per heavy atom. The Kier molecular flexibility index (Phi) is 4.50. The highest BCUT2D eigenvalue weighted by Crippen LogP contribution is 2.25. The van der Waals surface area contributed by atoms with Gasteiger partial charge in [0.15, 0.2) is 0 Å². The third-order valence-corrected chi connectivity index (χ3v) is 4.98. The average molecular weight is 243 g/mol. The molecule has 2 atom stereocenters. The van der Waals surface area contributed by atoms with Gasteiger partial charge in [0.1, 0.15) is 6.10 Å². The van der Waals surface area contributed by atoms with Crippen LogP contribution in [0, 0.1) is 0 Å². The van der Waals surface area contributed by atoms with Crippen molar-refractivity contribution in [3.63, 3.8) is 0 Å². The highest BCUT2D eigenvalue weighted by atomic mass is 32.2. The molecule has 84 valence electrons. The summed E-state index contributed by atoms with van der Waals surface area (Å²) in [5.74, 6) is 1.31. The van der Waals surface area contributed by atoms with Gasteiger partial charge in [-0.15, -0.1) is 11.3 Å². The van der Waals surface area contributed by atoms with Gasteiger partial charge in [-0.25, -0.2) is 0 Å². The van der Waals surface area contributed by atoms with E-state index in [0.29, 0.717) is 6.54 Å². The predicted octanol–water partition coefficient (Wildman–Crippen LogP) is 2.27. The van der Waals surface area contributed by atoms with Crippen LogP contribution in [0.1, 0.15) is 23.8 Å². The molecular weight excluding hydrogens is 226 g/mol. The maximum Gasteiger partial charge on any atom is 0.101 e. The molecule has 1 aliphatic rings. The lowest BCUT2D eigenvalue weighted by Gasteiger charge is -2.13. The molecule has 2 unspecified atom stereocenters. The molecule has 2 N–H and O–H groups in total. The summed E-state index contributed by atoms with van der Waals surface area (Å²) < 4.78 is 0. The van der Waals surface area contributed by atoms with E-state index in [9.17, 15) is 5.11 Å². The molecule has 4 heteroatoms. The van der Waals surface area contributed by atoms with E-state index < -0.39 is 0 Å². The summed E-state index contributed by atoms with van der Waals surface area (Å²) in [7, 11) is 0. The van der Waals surface area contributed by atoms with E-state index in [2.05, 4.69) is 5.32 Å². The van der Waals surface area contributed by atoms with Gasteiger partial charge >= 0.3 is 0 Å². The van der Waals surface area contributed by atoms with Crippen LogP contribution in [-0.2, 0) is 0 Å². The number of rotatable bonds is 5. The Morgan fingerprint density at radius 2 is 2.53 bits per heavy atom. The maximum absolute atomic E-state index is 9.82. The fourth-order valence-electron chi connectivity index (χ4n) is 1.77. The number of hydrogen-bond acceptors (Lipinski definition) is 4. The lowest BCUT2D eigenvalue weighted by molar-refractivity contribution is 0.178. The topological polar surface area (TPSA) is 32.3 Å². The quantitative estimate of drug-likeness (QED) is 0.832. The lowest BCUT2D eigenvalue weighted by atomic mass is 10.2. The molecule has 0 saturated carbocycles. The predicted molar refractivity (Wildman–Crippen MR) is 67.6 cm³/mol. The summed E-state index contributed by atoms with van der Waals surface area (Å²) in [5.41, 5.74) is 0. The van der Waals surface area contributed by atoms with Gasteiger partial charge < -0.3 is 10.4 Å². The van der Waals surface area contributed by atoms with Crippen LogP contribution in [0.15, 0.2) is 17.5 Å². The minimum Gasteiger partial charge on any atom is -0.386 e. The Labute approximate surface area is 99.1 Å². The van der Waals surface area contributed by atoms with Gasteiger partial charge in [-0.2, -0.15) is 11.8 Å². The van der Waals surface area contributed by atoms with Gasteiger partial charge in [0.05, 0.1) is 0 Å². The molecule has 1 saturated heterocycles. The van der Waals surface area contributed by atoms with Crippen molar-refractivity contribution >= 4 is 23.1 Å². The van der Waals surface area contributed by atoms with Gasteiger partial charge in [0.25, 0.3) is 0 Å². The van der Waals surface area contributed by atoms with E-state index in [-0.39, 0.29) is 6.10 Å². The molecular formula is C11H17NOS2. The zero-order chi connectivity index (χ0) is 10.5. The van der Waals surface area contributed by atoms with E-state index in [0.717, 1.165) is 16.7 Å². The first kappa shape index (κ1) is 11.5. The first-order chi connectivity index (χ1) is 7.36. The van der Waals surface area contributed by atoms with Crippen molar-refractivity contribution in [2.75, 3.05) is 18.8 Å². The second-order valence-corrected chi connectivity index (χ2v) is 6.21. The number of hydrogen-bond donors (Lipinski definition) is 2. The molecule has 0 aliphatic carbocycles. The molecule has 0 bridgehead atoms. The number of nitrogens with one attached hydrogen (secondary N) is 1. The highest BCUT2D eigenvalue weighted by Gasteiger charge is 2.15. The summed E-state index contributed by atoms with van der Waals surface area (Å²) in [6.45, 7) is 1.71. The number of aliphatic hydroxyl groups excluding tert-OH is 1. The molecule has 0 aromatic carbocycles. The fourth-order valence-corrected chi connectivity index (χ4v) is 3.72. The van der Waals surface area contributed by atoms with Crippen molar-refractivity contribution in [2.24, 2.45) is 0 Å². The summed E-state index contributed by atoms with van der Waals surface area (Å²) in [4.78, 5) is 1.06. The van der Waals surface area contributed by atoms with E-state index in [1.54, 1.807) is 11.3 Å². The first-order valence-electron chi connectivity index (χ1n) is 5.40. The van der Waals surface area contributed by atoms with Gasteiger partial charge in [-0.05, 0) is 30.0 Å². The molecule has 0 amide bonds. The molecule has 2 heterocycles. The second kappa shape index (κ2) is 5.89. The van der Waals surface area contributed by atoms with Crippen LogP contribution in [0.25, 0.3) is 0 Å². The van der Waals surface area contributed by atoms with Crippen LogP contribution in [0.3, 0.4) is 0 Å². The van der Waals surface area contributed by atoms with Crippen LogP contribution in [0.5, 0.6) is 0 Å². The second-order valence-electron chi connectivity index (χ2n) is 3.82. The molecule has 2 nitrogen and oxygen atoms in total. The smallest absolute Gasteiger partial charge is 0.101 e. The van der Waals surface area contributed by atoms with Gasteiger partial charge in [-0.1, -0.05) is 6.07 Å². The molecule has 0 spiro atoms. The van der Waals surface area contributed by atoms with Crippen molar-refractivity contribution < 1.29 is 5.11 Å². The molecule has 1 aromatic rings. The van der Waals surface area contributed by atoms with Crippen molar-refractivity contribution in [3.05, 3.63) is 22.4 Å². The van der Waals surface area contributed by atoms with Crippen LogP contribution < -0.4 is 5.32 Å². The average Bonchev–Trinajstić information content (AvgIpc) is 2.90. The van der Waals surface area contributed by atoms with Crippen LogP contribution in [0.2, 0.25) is 0 Å². The molecule has 0 radical (unpaired) electrons. The zero-order valence-corrected chi connectivity index (χ0v) is 10.3. The largest absolute Gasteiger partial charge is 0.386 e.